The highest BCUT2D eigenvalue weighted by Crippen LogP contribution is 2.21. The lowest BCUT2D eigenvalue weighted by Gasteiger charge is -2.08. The summed E-state index contributed by atoms with van der Waals surface area (Å²) in [5, 5.41) is 9.45. The van der Waals surface area contributed by atoms with E-state index >= 15 is 0 Å². The lowest BCUT2D eigenvalue weighted by atomic mass is 10.1. The van der Waals surface area contributed by atoms with Crippen LogP contribution in [0.25, 0.3) is 11.3 Å². The second-order valence-electron chi connectivity index (χ2n) is 4.90. The number of H-pyrrole nitrogens is 1. The summed E-state index contributed by atoms with van der Waals surface area (Å²) in [7, 11) is 0. The zero-order valence-electron chi connectivity index (χ0n) is 12.7. The Labute approximate surface area is 137 Å². The number of nitrogens with zero attached hydrogens (tertiary/aromatic N) is 2. The van der Waals surface area contributed by atoms with E-state index in [-0.39, 0.29) is 22.6 Å². The lowest BCUT2D eigenvalue weighted by Crippen LogP contribution is -2.17. The summed E-state index contributed by atoms with van der Waals surface area (Å²) in [6, 6.07) is 10.8. The van der Waals surface area contributed by atoms with Crippen molar-refractivity contribution in [2.24, 2.45) is 0 Å². The number of aromatic amines is 1. The first-order valence-electron chi connectivity index (χ1n) is 6.93. The Morgan fingerprint density at radius 1 is 1.39 bits per heavy atom. The van der Waals surface area contributed by atoms with E-state index in [0.29, 0.717) is 11.3 Å². The number of aromatic nitrogens is 2. The van der Waals surface area contributed by atoms with Gasteiger partial charge in [-0.1, -0.05) is 42.1 Å². The molecule has 0 aliphatic carbocycles. The van der Waals surface area contributed by atoms with Crippen molar-refractivity contribution in [1.82, 2.24) is 9.97 Å². The monoisotopic (exact) mass is 329 g/mol. The van der Waals surface area contributed by atoms with Gasteiger partial charge in [-0.2, -0.15) is 5.26 Å². The van der Waals surface area contributed by atoms with Gasteiger partial charge in [-0.25, -0.2) is 4.98 Å². The number of nitrogens with one attached hydrogen (secondary N) is 1. The summed E-state index contributed by atoms with van der Waals surface area (Å²) in [5.74, 6) is -0.361. The van der Waals surface area contributed by atoms with Crippen LogP contribution in [0.1, 0.15) is 19.4 Å². The van der Waals surface area contributed by atoms with Gasteiger partial charge in [0.25, 0.3) is 5.56 Å². The number of ether oxygens (including phenoxy) is 1. The van der Waals surface area contributed by atoms with Crippen molar-refractivity contribution in [3.63, 3.8) is 0 Å². The van der Waals surface area contributed by atoms with Crippen LogP contribution in [0.5, 0.6) is 0 Å². The summed E-state index contributed by atoms with van der Waals surface area (Å²) in [5.41, 5.74) is 0.393. The quantitative estimate of drug-likeness (QED) is 0.514. The minimum Gasteiger partial charge on any atom is -0.462 e. The Bertz CT molecular complexity index is 794. The van der Waals surface area contributed by atoms with Crippen LogP contribution < -0.4 is 5.56 Å². The van der Waals surface area contributed by atoms with E-state index in [4.69, 9.17) is 4.74 Å². The molecule has 0 aliphatic rings. The van der Waals surface area contributed by atoms with Gasteiger partial charge in [-0.3, -0.25) is 9.59 Å². The summed E-state index contributed by atoms with van der Waals surface area (Å²) >= 11 is 1.06. The molecule has 0 saturated carbocycles. The summed E-state index contributed by atoms with van der Waals surface area (Å²) in [4.78, 5) is 30.4. The predicted octanol–water partition coefficient (Wildman–Crippen LogP) is 2.35. The van der Waals surface area contributed by atoms with Gasteiger partial charge < -0.3 is 9.72 Å². The van der Waals surface area contributed by atoms with Crippen molar-refractivity contribution >= 4 is 17.7 Å². The highest BCUT2D eigenvalue weighted by Gasteiger charge is 2.14. The molecule has 0 unspecified atom stereocenters. The molecule has 6 nitrogen and oxygen atoms in total. The number of carbonyl (C=O) groups is 1. The molecule has 0 radical (unpaired) electrons. The Balaban J connectivity index is 2.30. The van der Waals surface area contributed by atoms with Crippen molar-refractivity contribution in [3.8, 4) is 17.3 Å². The zero-order chi connectivity index (χ0) is 16.8. The average Bonchev–Trinajstić information content (AvgIpc) is 2.52. The standard InChI is InChI=1S/C16H15N3O3S/c1-10(2)22-13(20)9-23-16-18-14(11-6-4-3-5-7-11)12(8-17)15(21)19-16/h3-7,10H,9H2,1-2H3,(H,18,19,21). The molecule has 0 spiro atoms. The van der Waals surface area contributed by atoms with E-state index in [1.807, 2.05) is 12.1 Å². The maximum atomic E-state index is 12.0. The van der Waals surface area contributed by atoms with Crippen LogP contribution in [-0.2, 0) is 9.53 Å². The second kappa shape index (κ2) is 7.61. The van der Waals surface area contributed by atoms with Crippen molar-refractivity contribution in [2.75, 3.05) is 5.75 Å². The fraction of sp³-hybridized carbons (Fsp3) is 0.250. The Morgan fingerprint density at radius 3 is 2.70 bits per heavy atom. The van der Waals surface area contributed by atoms with Gasteiger partial charge in [0.1, 0.15) is 11.6 Å². The number of esters is 1. The minimum absolute atomic E-state index is 0.0290. The summed E-state index contributed by atoms with van der Waals surface area (Å²) < 4.78 is 5.03. The van der Waals surface area contributed by atoms with Gasteiger partial charge in [0.05, 0.1) is 17.6 Å². The number of hydrogen-bond donors (Lipinski definition) is 1. The molecule has 2 aromatic rings. The van der Waals surface area contributed by atoms with Gasteiger partial charge in [-0.05, 0) is 13.8 Å². The van der Waals surface area contributed by atoms with Crippen LogP contribution in [0, 0.1) is 11.3 Å². The van der Waals surface area contributed by atoms with Crippen LogP contribution in [0.15, 0.2) is 40.3 Å². The normalized spacial score (nSPS) is 10.3. The lowest BCUT2D eigenvalue weighted by molar-refractivity contribution is -0.144. The van der Waals surface area contributed by atoms with E-state index in [9.17, 15) is 14.9 Å². The van der Waals surface area contributed by atoms with E-state index in [0.717, 1.165) is 11.8 Å². The van der Waals surface area contributed by atoms with Gasteiger partial charge in [0.2, 0.25) is 0 Å². The van der Waals surface area contributed by atoms with Crippen LogP contribution in [0.4, 0.5) is 0 Å². The van der Waals surface area contributed by atoms with Crippen LogP contribution in [0.2, 0.25) is 0 Å². The molecule has 23 heavy (non-hydrogen) atoms. The molecule has 0 atom stereocenters. The molecular weight excluding hydrogens is 314 g/mol. The second-order valence-corrected chi connectivity index (χ2v) is 5.86. The number of hydrogen-bond acceptors (Lipinski definition) is 6. The molecule has 7 heteroatoms. The zero-order valence-corrected chi connectivity index (χ0v) is 13.5. The molecule has 0 bridgehead atoms. The van der Waals surface area contributed by atoms with Crippen molar-refractivity contribution in [1.29, 1.82) is 5.26 Å². The SMILES string of the molecule is CC(C)OC(=O)CSc1nc(-c2ccccc2)c(C#N)c(=O)[nH]1. The molecule has 0 aliphatic heterocycles. The highest BCUT2D eigenvalue weighted by atomic mass is 32.2. The molecule has 0 fully saturated rings. The largest absolute Gasteiger partial charge is 0.462 e. The predicted molar refractivity (Wildman–Crippen MR) is 87.0 cm³/mol. The molecule has 1 N–H and O–H groups in total. The Morgan fingerprint density at radius 2 is 2.09 bits per heavy atom. The third-order valence-corrected chi connectivity index (χ3v) is 3.60. The fourth-order valence-electron chi connectivity index (χ4n) is 1.85. The molecule has 118 valence electrons. The van der Waals surface area contributed by atoms with Crippen molar-refractivity contribution in [3.05, 3.63) is 46.2 Å². The Hall–Kier alpha value is -2.59. The number of thioether (sulfide) groups is 1. The maximum Gasteiger partial charge on any atom is 0.316 e. The first-order chi connectivity index (χ1) is 11.0. The number of rotatable bonds is 5. The molecule has 1 aromatic heterocycles. The van der Waals surface area contributed by atoms with E-state index in [2.05, 4.69) is 9.97 Å². The minimum atomic E-state index is -0.527. The van der Waals surface area contributed by atoms with Gasteiger partial charge in [0.15, 0.2) is 5.16 Å². The molecule has 0 amide bonds. The molecule has 2 rings (SSSR count). The van der Waals surface area contributed by atoms with Crippen LogP contribution in [0.3, 0.4) is 0 Å². The topological polar surface area (TPSA) is 95.8 Å². The first-order valence-corrected chi connectivity index (χ1v) is 7.92. The highest BCUT2D eigenvalue weighted by molar-refractivity contribution is 7.99. The smallest absolute Gasteiger partial charge is 0.316 e. The van der Waals surface area contributed by atoms with E-state index in [1.54, 1.807) is 38.1 Å². The number of benzene rings is 1. The van der Waals surface area contributed by atoms with Gasteiger partial charge in [-0.15, -0.1) is 0 Å². The molecule has 1 aromatic carbocycles. The summed E-state index contributed by atoms with van der Waals surface area (Å²) in [6.45, 7) is 3.52. The fourth-order valence-corrected chi connectivity index (χ4v) is 2.50. The number of nitriles is 1. The summed E-state index contributed by atoms with van der Waals surface area (Å²) in [6.07, 6.45) is -0.198. The van der Waals surface area contributed by atoms with Crippen molar-refractivity contribution < 1.29 is 9.53 Å². The van der Waals surface area contributed by atoms with E-state index < -0.39 is 11.5 Å². The van der Waals surface area contributed by atoms with E-state index in [1.165, 1.54) is 0 Å². The average molecular weight is 329 g/mol. The molecule has 1 heterocycles. The van der Waals surface area contributed by atoms with Gasteiger partial charge in [0, 0.05) is 5.56 Å². The maximum absolute atomic E-state index is 12.0. The third kappa shape index (κ3) is 4.44. The Kier molecular flexibility index (Phi) is 5.55. The molecule has 0 saturated heterocycles. The first kappa shape index (κ1) is 16.8. The van der Waals surface area contributed by atoms with Gasteiger partial charge >= 0.3 is 5.97 Å². The molecular formula is C16H15N3O3S. The number of carbonyl (C=O) groups excluding carboxylic acids is 1. The van der Waals surface area contributed by atoms with Crippen LogP contribution in [-0.4, -0.2) is 27.8 Å². The third-order valence-electron chi connectivity index (χ3n) is 2.75. The van der Waals surface area contributed by atoms with Crippen molar-refractivity contribution in [2.45, 2.75) is 25.1 Å². The van der Waals surface area contributed by atoms with Crippen LogP contribution >= 0.6 is 11.8 Å².